The summed E-state index contributed by atoms with van der Waals surface area (Å²) >= 11 is 0. The minimum absolute atomic E-state index is 0. The second-order valence-electron chi connectivity index (χ2n) is 11.4. The van der Waals surface area contributed by atoms with Crippen molar-refractivity contribution in [3.8, 4) is 0 Å². The molecule has 0 nitrogen and oxygen atoms in total. The van der Waals surface area contributed by atoms with Gasteiger partial charge >= 0.3 is 0 Å². The average molecular weight is 558 g/mol. The van der Waals surface area contributed by atoms with Crippen LogP contribution in [0.5, 0.6) is 0 Å². The van der Waals surface area contributed by atoms with Crippen LogP contribution in [0.1, 0.15) is 63.9 Å². The Labute approximate surface area is 229 Å². The van der Waals surface area contributed by atoms with Gasteiger partial charge in [-0.05, 0) is 76.8 Å². The summed E-state index contributed by atoms with van der Waals surface area (Å²) in [6.07, 6.45) is 0. The monoisotopic (exact) mass is 556 g/mol. The Balaban J connectivity index is 0.00000304. The second kappa shape index (κ2) is 9.92. The maximum absolute atomic E-state index is 2.56. The predicted molar refractivity (Wildman–Crippen MR) is 155 cm³/mol. The maximum atomic E-state index is 2.56. The molecule has 2 atom stereocenters. The summed E-state index contributed by atoms with van der Waals surface area (Å²) in [7, 11) is -1.98. The molecule has 0 N–H and O–H groups in total. The lowest BCUT2D eigenvalue weighted by molar-refractivity contribution is -0.00000765. The summed E-state index contributed by atoms with van der Waals surface area (Å²) in [4.78, 5) is 0. The minimum atomic E-state index is -1.98. The van der Waals surface area contributed by atoms with Crippen LogP contribution in [0.25, 0.3) is 0 Å². The topological polar surface area (TPSA) is 0 Å². The van der Waals surface area contributed by atoms with E-state index in [1.165, 1.54) is 32.6 Å². The Morgan fingerprint density at radius 3 is 1.39 bits per heavy atom. The van der Waals surface area contributed by atoms with Crippen LogP contribution >= 0.6 is 7.26 Å². The van der Waals surface area contributed by atoms with Gasteiger partial charge in [0.05, 0.1) is 0 Å². The molecular formula is C34H38BrP. The smallest absolute Gasteiger partial charge is 0.119 e. The first kappa shape index (κ1) is 26.8. The lowest BCUT2D eigenvalue weighted by Crippen LogP contribution is -3.00. The van der Waals surface area contributed by atoms with E-state index in [9.17, 15) is 0 Å². The molecule has 5 rings (SSSR count). The van der Waals surface area contributed by atoms with Gasteiger partial charge in [-0.1, -0.05) is 107 Å². The molecule has 0 aliphatic heterocycles. The van der Waals surface area contributed by atoms with Gasteiger partial charge in [0.2, 0.25) is 0 Å². The van der Waals surface area contributed by atoms with E-state index in [0.717, 1.165) is 0 Å². The summed E-state index contributed by atoms with van der Waals surface area (Å²) in [6, 6.07) is 41.2. The van der Waals surface area contributed by atoms with E-state index in [-0.39, 0.29) is 27.8 Å². The van der Waals surface area contributed by atoms with Gasteiger partial charge in [0, 0.05) is 0 Å². The van der Waals surface area contributed by atoms with Crippen molar-refractivity contribution in [3.63, 3.8) is 0 Å². The highest BCUT2D eigenvalue weighted by molar-refractivity contribution is 7.95. The van der Waals surface area contributed by atoms with Gasteiger partial charge in [-0.3, -0.25) is 0 Å². The molecule has 1 aliphatic rings. The van der Waals surface area contributed by atoms with E-state index in [1.54, 1.807) is 0 Å². The molecule has 4 aromatic carbocycles. The normalized spacial score (nSPS) is 18.7. The van der Waals surface area contributed by atoms with Gasteiger partial charge in [-0.2, -0.15) is 0 Å². The third-order valence-electron chi connectivity index (χ3n) is 9.15. The van der Waals surface area contributed by atoms with E-state index in [1.807, 2.05) is 0 Å². The molecule has 0 bridgehead atoms. The number of fused-ring (bicyclic) bond motifs is 1. The van der Waals surface area contributed by atoms with Crippen molar-refractivity contribution in [2.45, 2.75) is 58.0 Å². The van der Waals surface area contributed by atoms with Crippen molar-refractivity contribution in [3.05, 3.63) is 126 Å². The SMILES string of the molecule is CC1C(C)(C)c2ccc(C(C)[P+](c3ccccc3)(c3ccccc3)c3ccccc3)cc2C1(C)C.[Br-]. The van der Waals surface area contributed by atoms with Crippen LogP contribution in [-0.2, 0) is 10.8 Å². The van der Waals surface area contributed by atoms with Crippen LogP contribution in [-0.4, -0.2) is 0 Å². The van der Waals surface area contributed by atoms with Gasteiger partial charge in [-0.15, -0.1) is 0 Å². The first-order chi connectivity index (χ1) is 16.7. The standard InChI is InChI=1S/C34H38P.BrH/c1-25(27-22-23-31-32(24-27)34(5,6)26(2)33(31,3)4)35(28-16-10-7-11-17-28,29-18-12-8-13-19-29)30-20-14-9-15-21-30;/h7-26H,1-6H3;1H/q+1;/p-1. The summed E-state index contributed by atoms with van der Waals surface area (Å²) in [5.74, 6) is 0.590. The van der Waals surface area contributed by atoms with E-state index in [2.05, 4.69) is 151 Å². The molecular weight excluding hydrogens is 519 g/mol. The molecule has 2 unspecified atom stereocenters. The third-order valence-corrected chi connectivity index (χ3v) is 13.9. The molecule has 0 heterocycles. The Kier molecular flexibility index (Phi) is 7.40. The molecule has 1 aliphatic carbocycles. The zero-order valence-corrected chi connectivity index (χ0v) is 24.9. The fraction of sp³-hybridized carbons (Fsp3) is 0.294. The third kappa shape index (κ3) is 4.00. The number of hydrogen-bond donors (Lipinski definition) is 0. The maximum Gasteiger partial charge on any atom is 0.119 e. The fourth-order valence-corrected chi connectivity index (χ4v) is 11.4. The molecule has 0 radical (unpaired) electrons. The van der Waals surface area contributed by atoms with Crippen LogP contribution in [0.4, 0.5) is 0 Å². The quantitative estimate of drug-likeness (QED) is 0.305. The lowest BCUT2D eigenvalue weighted by atomic mass is 9.71. The van der Waals surface area contributed by atoms with Crippen molar-refractivity contribution in [1.29, 1.82) is 0 Å². The van der Waals surface area contributed by atoms with Crippen LogP contribution in [0.3, 0.4) is 0 Å². The molecule has 0 saturated carbocycles. The molecule has 186 valence electrons. The largest absolute Gasteiger partial charge is 1.00 e. The summed E-state index contributed by atoms with van der Waals surface area (Å²) in [6.45, 7) is 14.6. The van der Waals surface area contributed by atoms with Crippen LogP contribution in [0.2, 0.25) is 0 Å². The van der Waals surface area contributed by atoms with Crippen molar-refractivity contribution < 1.29 is 17.0 Å². The van der Waals surface area contributed by atoms with Gasteiger partial charge in [-0.25, -0.2) is 0 Å². The van der Waals surface area contributed by atoms with Crippen molar-refractivity contribution in [1.82, 2.24) is 0 Å². The lowest BCUT2D eigenvalue weighted by Gasteiger charge is -2.34. The van der Waals surface area contributed by atoms with Crippen LogP contribution < -0.4 is 32.9 Å². The Morgan fingerprint density at radius 2 is 0.972 bits per heavy atom. The zero-order valence-electron chi connectivity index (χ0n) is 22.4. The molecule has 0 saturated heterocycles. The van der Waals surface area contributed by atoms with Gasteiger partial charge < -0.3 is 17.0 Å². The van der Waals surface area contributed by atoms with Crippen molar-refractivity contribution >= 4 is 23.2 Å². The van der Waals surface area contributed by atoms with Crippen molar-refractivity contribution in [2.24, 2.45) is 5.92 Å². The first-order valence-electron chi connectivity index (χ1n) is 12.9. The first-order valence-corrected chi connectivity index (χ1v) is 14.8. The van der Waals surface area contributed by atoms with E-state index < -0.39 is 7.26 Å². The average Bonchev–Trinajstić information content (AvgIpc) is 3.03. The van der Waals surface area contributed by atoms with E-state index in [0.29, 0.717) is 11.6 Å². The van der Waals surface area contributed by atoms with E-state index in [4.69, 9.17) is 0 Å². The predicted octanol–water partition coefficient (Wildman–Crippen LogP) is 4.95. The fourth-order valence-electron chi connectivity index (χ4n) is 6.62. The molecule has 36 heavy (non-hydrogen) atoms. The molecule has 0 fully saturated rings. The van der Waals surface area contributed by atoms with Gasteiger partial charge in [0.15, 0.2) is 0 Å². The summed E-state index contributed by atoms with van der Waals surface area (Å²) in [5.41, 5.74) is 5.19. The number of halogens is 1. The molecule has 0 aromatic heterocycles. The Bertz CT molecular complexity index is 1210. The molecule has 0 amide bonds. The zero-order chi connectivity index (χ0) is 24.8. The van der Waals surface area contributed by atoms with Crippen LogP contribution in [0.15, 0.2) is 109 Å². The molecule has 2 heteroatoms. The number of benzene rings is 4. The van der Waals surface area contributed by atoms with E-state index >= 15 is 0 Å². The minimum Gasteiger partial charge on any atom is -1.00 e. The van der Waals surface area contributed by atoms with Crippen LogP contribution in [0, 0.1) is 5.92 Å². The second-order valence-corrected chi connectivity index (χ2v) is 15.1. The summed E-state index contributed by atoms with van der Waals surface area (Å²) in [5, 5.41) is 4.33. The Hall–Kier alpha value is -2.21. The number of rotatable bonds is 5. The summed E-state index contributed by atoms with van der Waals surface area (Å²) < 4.78 is 0. The van der Waals surface area contributed by atoms with Crippen molar-refractivity contribution in [2.75, 3.05) is 0 Å². The molecule has 0 spiro atoms. The van der Waals surface area contributed by atoms with Gasteiger partial charge in [0.1, 0.15) is 28.8 Å². The molecule has 4 aromatic rings. The number of hydrogen-bond acceptors (Lipinski definition) is 0. The van der Waals surface area contributed by atoms with Gasteiger partial charge in [0.25, 0.3) is 0 Å². The highest BCUT2D eigenvalue weighted by Crippen LogP contribution is 2.67. The Morgan fingerprint density at radius 1 is 0.583 bits per heavy atom. The highest BCUT2D eigenvalue weighted by Gasteiger charge is 2.52. The highest BCUT2D eigenvalue weighted by atomic mass is 79.9.